The van der Waals surface area contributed by atoms with Gasteiger partial charge in [0.05, 0.1) is 11.4 Å². The van der Waals surface area contributed by atoms with E-state index in [0.29, 0.717) is 6.04 Å². The molecule has 4 unspecified atom stereocenters. The molecule has 82 valence electrons. The highest BCUT2D eigenvalue weighted by molar-refractivity contribution is 7.85. The zero-order chi connectivity index (χ0) is 9.97. The van der Waals surface area contributed by atoms with Crippen LogP contribution in [0.4, 0.5) is 0 Å². The van der Waals surface area contributed by atoms with Crippen molar-refractivity contribution in [3.8, 4) is 0 Å². The van der Waals surface area contributed by atoms with Crippen LogP contribution >= 0.6 is 0 Å². The summed E-state index contributed by atoms with van der Waals surface area (Å²) in [5.41, 5.74) is 0. The average molecular weight is 217 g/mol. The van der Waals surface area contributed by atoms with Gasteiger partial charge < -0.3 is 10.1 Å². The van der Waals surface area contributed by atoms with Gasteiger partial charge in [-0.05, 0) is 32.7 Å². The van der Waals surface area contributed by atoms with E-state index in [1.54, 1.807) is 0 Å². The van der Waals surface area contributed by atoms with Gasteiger partial charge in [0.1, 0.15) is 0 Å². The molecule has 14 heavy (non-hydrogen) atoms. The van der Waals surface area contributed by atoms with Gasteiger partial charge in [0.15, 0.2) is 0 Å². The molecule has 0 aromatic heterocycles. The van der Waals surface area contributed by atoms with Crippen LogP contribution in [0.15, 0.2) is 0 Å². The molecule has 0 bridgehead atoms. The molecule has 0 spiro atoms. The van der Waals surface area contributed by atoms with Crippen LogP contribution in [0.1, 0.15) is 26.2 Å². The Morgan fingerprint density at radius 3 is 2.93 bits per heavy atom. The molecule has 4 heteroatoms. The van der Waals surface area contributed by atoms with Crippen LogP contribution in [-0.4, -0.2) is 40.5 Å². The maximum Gasteiger partial charge on any atom is 0.0691 e. The highest BCUT2D eigenvalue weighted by atomic mass is 32.2. The molecule has 2 aliphatic heterocycles. The molecule has 2 saturated heterocycles. The molecule has 3 nitrogen and oxygen atoms in total. The summed E-state index contributed by atoms with van der Waals surface area (Å²) in [5, 5.41) is 3.67. The minimum absolute atomic E-state index is 0.192. The summed E-state index contributed by atoms with van der Waals surface area (Å²) in [6.07, 6.45) is 3.59. The second-order valence-electron chi connectivity index (χ2n) is 4.24. The fourth-order valence-corrected chi connectivity index (χ4v) is 4.07. The fourth-order valence-electron chi connectivity index (χ4n) is 2.28. The van der Waals surface area contributed by atoms with E-state index < -0.39 is 10.8 Å². The highest BCUT2D eigenvalue weighted by Gasteiger charge is 2.31. The van der Waals surface area contributed by atoms with Gasteiger partial charge in [-0.3, -0.25) is 4.21 Å². The normalized spacial score (nSPS) is 40.2. The standard InChI is InChI=1S/C10H19NO2S/c1-8-10(4-6-13-8)14(12)7-9-3-2-5-11-9/h8-11H,2-7H2,1H3. The Labute approximate surface area is 88.0 Å². The quantitative estimate of drug-likeness (QED) is 0.755. The van der Waals surface area contributed by atoms with Crippen LogP contribution < -0.4 is 5.32 Å². The molecule has 1 N–H and O–H groups in total. The van der Waals surface area contributed by atoms with Gasteiger partial charge in [-0.2, -0.15) is 0 Å². The summed E-state index contributed by atoms with van der Waals surface area (Å²) in [4.78, 5) is 0. The van der Waals surface area contributed by atoms with Crippen LogP contribution in [0.25, 0.3) is 0 Å². The molecule has 0 aromatic rings. The predicted octanol–water partition coefficient (Wildman–Crippen LogP) is 0.664. The van der Waals surface area contributed by atoms with Gasteiger partial charge in [0.25, 0.3) is 0 Å². The molecular weight excluding hydrogens is 198 g/mol. The molecular formula is C10H19NO2S. The van der Waals surface area contributed by atoms with Crippen molar-refractivity contribution < 1.29 is 8.95 Å². The maximum absolute atomic E-state index is 12.0. The molecule has 0 saturated carbocycles. The van der Waals surface area contributed by atoms with Gasteiger partial charge in [0, 0.05) is 29.2 Å². The maximum atomic E-state index is 12.0. The van der Waals surface area contributed by atoms with Crippen LogP contribution in [0, 0.1) is 0 Å². The predicted molar refractivity (Wildman–Crippen MR) is 57.9 cm³/mol. The summed E-state index contributed by atoms with van der Waals surface area (Å²) in [5.74, 6) is 0.818. The van der Waals surface area contributed by atoms with Crippen LogP contribution in [0.2, 0.25) is 0 Å². The lowest BCUT2D eigenvalue weighted by Gasteiger charge is -2.16. The number of ether oxygens (including phenoxy) is 1. The number of hydrogen-bond donors (Lipinski definition) is 1. The van der Waals surface area contributed by atoms with E-state index in [0.717, 1.165) is 25.3 Å². The lowest BCUT2D eigenvalue weighted by Crippen LogP contribution is -2.33. The number of nitrogens with one attached hydrogen (secondary N) is 1. The van der Waals surface area contributed by atoms with E-state index in [-0.39, 0.29) is 11.4 Å². The molecule has 0 amide bonds. The zero-order valence-corrected chi connectivity index (χ0v) is 9.52. The Balaban J connectivity index is 1.82. The molecule has 0 aliphatic carbocycles. The first-order chi connectivity index (χ1) is 6.77. The average Bonchev–Trinajstić information content (AvgIpc) is 2.75. The third kappa shape index (κ3) is 2.35. The van der Waals surface area contributed by atoms with Crippen molar-refractivity contribution in [1.29, 1.82) is 0 Å². The largest absolute Gasteiger partial charge is 0.377 e. The van der Waals surface area contributed by atoms with E-state index in [1.165, 1.54) is 12.8 Å². The van der Waals surface area contributed by atoms with Crippen molar-refractivity contribution in [1.82, 2.24) is 5.32 Å². The van der Waals surface area contributed by atoms with Crippen molar-refractivity contribution in [2.24, 2.45) is 0 Å². The summed E-state index contributed by atoms with van der Waals surface area (Å²) < 4.78 is 17.4. The van der Waals surface area contributed by atoms with E-state index in [1.807, 2.05) is 6.92 Å². The molecule has 2 aliphatic rings. The highest BCUT2D eigenvalue weighted by Crippen LogP contribution is 2.20. The zero-order valence-electron chi connectivity index (χ0n) is 8.70. The molecule has 0 radical (unpaired) electrons. The van der Waals surface area contributed by atoms with E-state index >= 15 is 0 Å². The third-order valence-electron chi connectivity index (χ3n) is 3.17. The Hall–Kier alpha value is 0.0700. The van der Waals surface area contributed by atoms with Gasteiger partial charge in [-0.15, -0.1) is 0 Å². The summed E-state index contributed by atoms with van der Waals surface area (Å²) in [6, 6.07) is 0.489. The Morgan fingerprint density at radius 2 is 2.36 bits per heavy atom. The van der Waals surface area contributed by atoms with E-state index in [2.05, 4.69) is 5.32 Å². The molecule has 2 fully saturated rings. The minimum Gasteiger partial charge on any atom is -0.377 e. The minimum atomic E-state index is -0.703. The van der Waals surface area contributed by atoms with E-state index in [4.69, 9.17) is 4.74 Å². The van der Waals surface area contributed by atoms with Crippen molar-refractivity contribution in [3.05, 3.63) is 0 Å². The van der Waals surface area contributed by atoms with Crippen LogP contribution in [0.5, 0.6) is 0 Å². The van der Waals surface area contributed by atoms with Crippen molar-refractivity contribution in [3.63, 3.8) is 0 Å². The van der Waals surface area contributed by atoms with Crippen molar-refractivity contribution in [2.45, 2.75) is 43.6 Å². The van der Waals surface area contributed by atoms with Crippen LogP contribution in [-0.2, 0) is 15.5 Å². The lowest BCUT2D eigenvalue weighted by atomic mass is 10.2. The second-order valence-corrected chi connectivity index (χ2v) is 5.94. The van der Waals surface area contributed by atoms with E-state index in [9.17, 15) is 4.21 Å². The fraction of sp³-hybridized carbons (Fsp3) is 1.00. The lowest BCUT2D eigenvalue weighted by molar-refractivity contribution is 0.127. The molecule has 2 rings (SSSR count). The summed E-state index contributed by atoms with van der Waals surface area (Å²) in [6.45, 7) is 3.92. The molecule has 4 atom stereocenters. The number of hydrogen-bond acceptors (Lipinski definition) is 3. The Bertz CT molecular complexity index is 216. The van der Waals surface area contributed by atoms with Crippen molar-refractivity contribution in [2.75, 3.05) is 18.9 Å². The Morgan fingerprint density at radius 1 is 1.50 bits per heavy atom. The smallest absolute Gasteiger partial charge is 0.0691 e. The summed E-state index contributed by atoms with van der Waals surface area (Å²) in [7, 11) is -0.703. The third-order valence-corrected chi connectivity index (χ3v) is 5.20. The van der Waals surface area contributed by atoms with Gasteiger partial charge in [-0.1, -0.05) is 0 Å². The molecule has 2 heterocycles. The van der Waals surface area contributed by atoms with Crippen molar-refractivity contribution >= 4 is 10.8 Å². The first-order valence-electron chi connectivity index (χ1n) is 5.49. The number of rotatable bonds is 3. The molecule has 0 aromatic carbocycles. The van der Waals surface area contributed by atoms with Gasteiger partial charge in [0.2, 0.25) is 0 Å². The van der Waals surface area contributed by atoms with Crippen LogP contribution in [0.3, 0.4) is 0 Å². The topological polar surface area (TPSA) is 38.3 Å². The second kappa shape index (κ2) is 4.73. The monoisotopic (exact) mass is 217 g/mol. The SMILES string of the molecule is CC1OCCC1S(=O)CC1CCCN1. The first kappa shape index (κ1) is 10.6. The Kier molecular flexibility index (Phi) is 3.57. The summed E-state index contributed by atoms with van der Waals surface area (Å²) >= 11 is 0. The first-order valence-corrected chi connectivity index (χ1v) is 6.88. The van der Waals surface area contributed by atoms with Gasteiger partial charge in [-0.25, -0.2) is 0 Å². The van der Waals surface area contributed by atoms with Gasteiger partial charge >= 0.3 is 0 Å².